The number of piperidine rings is 1. The highest BCUT2D eigenvalue weighted by Crippen LogP contribution is 2.29. The van der Waals surface area contributed by atoms with E-state index in [-0.39, 0.29) is 24.0 Å². The number of β-amino-alcohol motifs (C(OH)–C–C–N with tert-alkyl or cyclic N) is 1. The molecule has 3 rings (SSSR count). The van der Waals surface area contributed by atoms with Crippen molar-refractivity contribution >= 4 is 5.91 Å². The van der Waals surface area contributed by atoms with E-state index in [2.05, 4.69) is 10.2 Å². The van der Waals surface area contributed by atoms with Crippen LogP contribution in [0.25, 0.3) is 0 Å². The number of nitrogens with zero attached hydrogens (tertiary/aromatic N) is 1. The fraction of sp³-hybridized carbons (Fsp3) is 0.944. The first-order valence-corrected chi connectivity index (χ1v) is 9.42. The van der Waals surface area contributed by atoms with E-state index in [1.807, 2.05) is 6.92 Å². The van der Waals surface area contributed by atoms with Gasteiger partial charge in [0.2, 0.25) is 5.91 Å². The first-order valence-electron chi connectivity index (χ1n) is 9.42. The van der Waals surface area contributed by atoms with Crippen LogP contribution < -0.4 is 5.32 Å². The highest BCUT2D eigenvalue weighted by molar-refractivity contribution is 5.79. The molecule has 0 aromatic heterocycles. The molecule has 5 nitrogen and oxygen atoms in total. The molecule has 2 unspecified atom stereocenters. The summed E-state index contributed by atoms with van der Waals surface area (Å²) < 4.78 is 5.49. The van der Waals surface area contributed by atoms with Crippen molar-refractivity contribution in [3.63, 3.8) is 0 Å². The van der Waals surface area contributed by atoms with Gasteiger partial charge >= 0.3 is 0 Å². The lowest BCUT2D eigenvalue weighted by Gasteiger charge is -2.40. The van der Waals surface area contributed by atoms with E-state index in [4.69, 9.17) is 4.74 Å². The van der Waals surface area contributed by atoms with Crippen LogP contribution in [0.15, 0.2) is 0 Å². The molecule has 1 aliphatic carbocycles. The van der Waals surface area contributed by atoms with Crippen molar-refractivity contribution in [2.45, 2.75) is 76.0 Å². The predicted octanol–water partition coefficient (Wildman–Crippen LogP) is 1.69. The topological polar surface area (TPSA) is 61.8 Å². The highest BCUT2D eigenvalue weighted by atomic mass is 16.5. The average Bonchev–Trinajstić information content (AvgIpc) is 2.96. The fourth-order valence-corrected chi connectivity index (χ4v) is 4.40. The van der Waals surface area contributed by atoms with Crippen LogP contribution in [0.4, 0.5) is 0 Å². The summed E-state index contributed by atoms with van der Waals surface area (Å²) >= 11 is 0. The number of hydrogen-bond donors (Lipinski definition) is 2. The summed E-state index contributed by atoms with van der Waals surface area (Å²) in [5.74, 6) is 0.190. The van der Waals surface area contributed by atoms with Gasteiger partial charge in [-0.1, -0.05) is 19.3 Å². The second-order valence-corrected chi connectivity index (χ2v) is 7.82. The van der Waals surface area contributed by atoms with Crippen LogP contribution in [0, 0.1) is 5.92 Å². The van der Waals surface area contributed by atoms with Gasteiger partial charge in [0.15, 0.2) is 0 Å². The average molecular weight is 324 g/mol. The van der Waals surface area contributed by atoms with Crippen LogP contribution >= 0.6 is 0 Å². The van der Waals surface area contributed by atoms with Crippen molar-refractivity contribution in [2.75, 3.05) is 26.2 Å². The Morgan fingerprint density at radius 2 is 1.91 bits per heavy atom. The smallest absolute Gasteiger partial charge is 0.226 e. The molecule has 132 valence electrons. The lowest BCUT2D eigenvalue weighted by Crippen LogP contribution is -2.51. The van der Waals surface area contributed by atoms with Crippen molar-refractivity contribution in [1.29, 1.82) is 0 Å². The van der Waals surface area contributed by atoms with Crippen molar-refractivity contribution in [2.24, 2.45) is 5.92 Å². The molecule has 2 N–H and O–H groups in total. The zero-order valence-corrected chi connectivity index (χ0v) is 14.4. The summed E-state index contributed by atoms with van der Waals surface area (Å²) in [4.78, 5) is 14.7. The molecular formula is C18H32N2O3. The molecular weight excluding hydrogens is 292 g/mol. The lowest BCUT2D eigenvalue weighted by atomic mass is 9.84. The van der Waals surface area contributed by atoms with E-state index in [9.17, 15) is 9.90 Å². The van der Waals surface area contributed by atoms with Crippen molar-refractivity contribution in [3.8, 4) is 0 Å². The zero-order chi connectivity index (χ0) is 16.3. The van der Waals surface area contributed by atoms with Gasteiger partial charge in [0.25, 0.3) is 0 Å². The Hall–Kier alpha value is -0.650. The molecule has 0 aromatic carbocycles. The third kappa shape index (κ3) is 4.46. The van der Waals surface area contributed by atoms with Crippen molar-refractivity contribution < 1.29 is 14.6 Å². The van der Waals surface area contributed by atoms with Gasteiger partial charge in [0, 0.05) is 32.3 Å². The summed E-state index contributed by atoms with van der Waals surface area (Å²) in [7, 11) is 0. The Bertz CT molecular complexity index is 401. The normalized spacial score (nSPS) is 32.8. The molecule has 0 radical (unpaired) electrons. The van der Waals surface area contributed by atoms with Gasteiger partial charge in [-0.05, 0) is 39.0 Å². The molecule has 2 heterocycles. The fourth-order valence-electron chi connectivity index (χ4n) is 4.40. The lowest BCUT2D eigenvalue weighted by molar-refractivity contribution is -0.127. The van der Waals surface area contributed by atoms with Crippen molar-refractivity contribution in [1.82, 2.24) is 10.2 Å². The number of aliphatic hydroxyl groups is 1. The van der Waals surface area contributed by atoms with Gasteiger partial charge in [0.05, 0.1) is 17.6 Å². The Kier molecular flexibility index (Phi) is 5.60. The van der Waals surface area contributed by atoms with E-state index in [1.165, 1.54) is 6.42 Å². The molecule has 2 saturated heterocycles. The van der Waals surface area contributed by atoms with Crippen molar-refractivity contribution in [3.05, 3.63) is 0 Å². The van der Waals surface area contributed by atoms with E-state index in [1.54, 1.807) is 0 Å². The Labute approximate surface area is 139 Å². The third-order valence-electron chi connectivity index (χ3n) is 5.95. The molecule has 23 heavy (non-hydrogen) atoms. The number of hydrogen-bond acceptors (Lipinski definition) is 4. The van der Waals surface area contributed by atoms with Crippen LogP contribution in [0.3, 0.4) is 0 Å². The van der Waals surface area contributed by atoms with Gasteiger partial charge in [0.1, 0.15) is 0 Å². The molecule has 1 amide bonds. The second-order valence-electron chi connectivity index (χ2n) is 7.82. The SMILES string of the molecule is CC1OCCC1C(=O)NC1CCN(CC2(O)CCCCC2)CC1. The minimum atomic E-state index is -0.467. The molecule has 3 fully saturated rings. The van der Waals surface area contributed by atoms with Gasteiger partial charge < -0.3 is 20.1 Å². The first kappa shape index (κ1) is 17.2. The first-order chi connectivity index (χ1) is 11.1. The van der Waals surface area contributed by atoms with Crippen LogP contribution in [0.5, 0.6) is 0 Å². The molecule has 5 heteroatoms. The number of carbonyl (C=O) groups is 1. The van der Waals surface area contributed by atoms with Gasteiger partial charge in [-0.15, -0.1) is 0 Å². The molecule has 0 spiro atoms. The monoisotopic (exact) mass is 324 g/mol. The third-order valence-corrected chi connectivity index (χ3v) is 5.95. The summed E-state index contributed by atoms with van der Waals surface area (Å²) in [5.41, 5.74) is -0.467. The Balaban J connectivity index is 1.40. The number of carbonyl (C=O) groups excluding carboxylic acids is 1. The Morgan fingerprint density at radius 1 is 1.22 bits per heavy atom. The summed E-state index contributed by atoms with van der Waals surface area (Å²) in [6.07, 6.45) is 8.35. The molecule has 2 aliphatic heterocycles. The molecule has 3 aliphatic rings. The maximum absolute atomic E-state index is 12.3. The van der Waals surface area contributed by atoms with Crippen LogP contribution in [0.1, 0.15) is 58.3 Å². The quantitative estimate of drug-likeness (QED) is 0.826. The number of nitrogens with one attached hydrogen (secondary N) is 1. The van der Waals surface area contributed by atoms with Gasteiger partial charge in [-0.2, -0.15) is 0 Å². The van der Waals surface area contributed by atoms with Crippen LogP contribution in [-0.2, 0) is 9.53 Å². The Morgan fingerprint density at radius 3 is 2.52 bits per heavy atom. The maximum Gasteiger partial charge on any atom is 0.226 e. The minimum absolute atomic E-state index is 0.0241. The number of likely N-dealkylation sites (tertiary alicyclic amines) is 1. The number of amides is 1. The second kappa shape index (κ2) is 7.49. The standard InChI is InChI=1S/C18H32N2O3/c1-14-16(7-12-23-14)17(21)19-15-5-10-20(11-6-15)13-18(22)8-3-2-4-9-18/h14-16,22H,2-13H2,1H3,(H,19,21). The van der Waals surface area contributed by atoms with Crippen LogP contribution in [0.2, 0.25) is 0 Å². The zero-order valence-electron chi connectivity index (χ0n) is 14.4. The maximum atomic E-state index is 12.3. The van der Waals surface area contributed by atoms with E-state index >= 15 is 0 Å². The van der Waals surface area contributed by atoms with E-state index in [0.717, 1.165) is 64.6 Å². The number of ether oxygens (including phenoxy) is 1. The summed E-state index contributed by atoms with van der Waals surface area (Å²) in [6.45, 7) is 5.45. The predicted molar refractivity (Wildman–Crippen MR) is 89.2 cm³/mol. The molecule has 2 atom stereocenters. The number of rotatable bonds is 4. The van der Waals surface area contributed by atoms with Gasteiger partial charge in [-0.3, -0.25) is 4.79 Å². The highest BCUT2D eigenvalue weighted by Gasteiger charge is 2.34. The van der Waals surface area contributed by atoms with E-state index < -0.39 is 5.60 Å². The minimum Gasteiger partial charge on any atom is -0.389 e. The van der Waals surface area contributed by atoms with E-state index in [0.29, 0.717) is 6.61 Å². The van der Waals surface area contributed by atoms with Gasteiger partial charge in [-0.25, -0.2) is 0 Å². The molecule has 1 saturated carbocycles. The molecule has 0 aromatic rings. The largest absolute Gasteiger partial charge is 0.389 e. The molecule has 0 bridgehead atoms. The summed E-state index contributed by atoms with van der Waals surface area (Å²) in [5, 5.41) is 13.9. The van der Waals surface area contributed by atoms with Crippen LogP contribution in [-0.4, -0.2) is 59.9 Å². The summed E-state index contributed by atoms with van der Waals surface area (Å²) in [6, 6.07) is 0.285.